The molecule has 0 bridgehead atoms. The van der Waals surface area contributed by atoms with Crippen LogP contribution in [0.3, 0.4) is 0 Å². The molecule has 0 fully saturated rings. The van der Waals surface area contributed by atoms with Gasteiger partial charge in [0, 0.05) is 25.4 Å². The summed E-state index contributed by atoms with van der Waals surface area (Å²) in [4.78, 5) is 20.3. The van der Waals surface area contributed by atoms with E-state index in [9.17, 15) is 4.79 Å². The Morgan fingerprint density at radius 2 is 2.13 bits per heavy atom. The lowest BCUT2D eigenvalue weighted by molar-refractivity contribution is 0.0845. The molecule has 2 N–H and O–H groups in total. The zero-order chi connectivity index (χ0) is 21.5. The first-order valence-electron chi connectivity index (χ1n) is 10.1. The average molecular weight is 408 g/mol. The Bertz CT molecular complexity index is 972. The third-order valence-corrected chi connectivity index (χ3v) is 5.03. The first kappa shape index (κ1) is 21.7. The number of nitrogens with zero attached hydrogens (tertiary/aromatic N) is 1. The number of carbonyl (C=O) groups excluding carboxylic acids is 1. The van der Waals surface area contributed by atoms with Crippen LogP contribution in [0.2, 0.25) is 0 Å². The Morgan fingerprint density at radius 3 is 2.90 bits per heavy atom. The summed E-state index contributed by atoms with van der Waals surface area (Å²) in [5.41, 5.74) is 3.52. The molecule has 1 aliphatic rings. The Balaban J connectivity index is 1.67. The number of imidazole rings is 1. The van der Waals surface area contributed by atoms with E-state index in [1.165, 1.54) is 7.11 Å². The van der Waals surface area contributed by atoms with Gasteiger partial charge >= 0.3 is 0 Å². The molecule has 3 rings (SSSR count). The van der Waals surface area contributed by atoms with Crippen LogP contribution in [0.5, 0.6) is 5.75 Å². The van der Waals surface area contributed by atoms with Gasteiger partial charge in [-0.2, -0.15) is 0 Å². The SMILES string of the molecule is COCC(=O)c1cc(CN[C@@H](C)c2nc(C3=CC=CC(C)C=C3)c[nH]2)ccc1OC. The highest BCUT2D eigenvalue weighted by atomic mass is 16.5. The van der Waals surface area contributed by atoms with Gasteiger partial charge in [0.05, 0.1) is 24.4 Å². The van der Waals surface area contributed by atoms with Crippen LogP contribution in [0, 0.1) is 5.92 Å². The fraction of sp³-hybridized carbons (Fsp3) is 0.333. The standard InChI is InChI=1S/C24H29N3O3/c1-16-6-5-7-19(10-8-16)21-14-26-24(27-21)17(2)25-13-18-9-11-23(30-4)20(12-18)22(28)15-29-3/h5-12,14,16-17,25H,13,15H2,1-4H3,(H,26,27)/t16?,17-/m0/s1. The lowest BCUT2D eigenvalue weighted by Gasteiger charge is -2.13. The largest absolute Gasteiger partial charge is 0.496 e. The molecular weight excluding hydrogens is 378 g/mol. The number of rotatable bonds is 9. The molecule has 0 saturated carbocycles. The maximum absolute atomic E-state index is 12.3. The highest BCUT2D eigenvalue weighted by molar-refractivity contribution is 5.99. The molecule has 6 heteroatoms. The summed E-state index contributed by atoms with van der Waals surface area (Å²) in [5, 5.41) is 3.46. The number of ether oxygens (including phenoxy) is 2. The van der Waals surface area contributed by atoms with Crippen molar-refractivity contribution in [3.63, 3.8) is 0 Å². The normalized spacial score (nSPS) is 16.8. The van der Waals surface area contributed by atoms with Crippen molar-refractivity contribution in [1.29, 1.82) is 0 Å². The van der Waals surface area contributed by atoms with E-state index in [4.69, 9.17) is 14.5 Å². The predicted octanol–water partition coefficient (Wildman–Crippen LogP) is 4.24. The summed E-state index contributed by atoms with van der Waals surface area (Å²) in [7, 11) is 3.07. The zero-order valence-electron chi connectivity index (χ0n) is 17.9. The lowest BCUT2D eigenvalue weighted by atomic mass is 10.1. The average Bonchev–Trinajstić information content (AvgIpc) is 3.14. The number of methoxy groups -OCH3 is 2. The molecule has 0 radical (unpaired) electrons. The molecule has 1 unspecified atom stereocenters. The van der Waals surface area contributed by atoms with Crippen molar-refractivity contribution in [1.82, 2.24) is 15.3 Å². The quantitative estimate of drug-likeness (QED) is 0.608. The molecule has 1 aromatic carbocycles. The molecule has 30 heavy (non-hydrogen) atoms. The maximum atomic E-state index is 12.3. The number of ketones is 1. The van der Waals surface area contributed by atoms with Gasteiger partial charge in [0.2, 0.25) is 0 Å². The number of hydrogen-bond acceptors (Lipinski definition) is 5. The molecule has 6 nitrogen and oxygen atoms in total. The van der Waals surface area contributed by atoms with Crippen LogP contribution < -0.4 is 10.1 Å². The van der Waals surface area contributed by atoms with E-state index < -0.39 is 0 Å². The number of carbonyl (C=O) groups is 1. The van der Waals surface area contributed by atoms with Gasteiger partial charge in [0.15, 0.2) is 5.78 Å². The number of benzene rings is 1. The van der Waals surface area contributed by atoms with Gasteiger partial charge in [-0.15, -0.1) is 0 Å². The number of nitrogens with one attached hydrogen (secondary N) is 2. The molecule has 2 aromatic rings. The van der Waals surface area contributed by atoms with Gasteiger partial charge in [0.1, 0.15) is 18.2 Å². The van der Waals surface area contributed by atoms with E-state index in [0.29, 0.717) is 23.8 Å². The van der Waals surface area contributed by atoms with Gasteiger partial charge in [-0.25, -0.2) is 4.98 Å². The van der Waals surface area contributed by atoms with Crippen molar-refractivity contribution in [2.24, 2.45) is 5.92 Å². The topological polar surface area (TPSA) is 76.2 Å². The first-order chi connectivity index (χ1) is 14.5. The summed E-state index contributed by atoms with van der Waals surface area (Å²) < 4.78 is 10.3. The Hall–Kier alpha value is -2.96. The Kier molecular flexibility index (Phi) is 7.38. The summed E-state index contributed by atoms with van der Waals surface area (Å²) in [6, 6.07) is 5.63. The van der Waals surface area contributed by atoms with Gasteiger partial charge in [-0.1, -0.05) is 43.4 Å². The third kappa shape index (κ3) is 5.34. The molecule has 0 saturated heterocycles. The van der Waals surface area contributed by atoms with E-state index in [1.54, 1.807) is 7.11 Å². The van der Waals surface area contributed by atoms with Crippen molar-refractivity contribution in [2.75, 3.05) is 20.8 Å². The van der Waals surface area contributed by atoms with Crippen molar-refractivity contribution < 1.29 is 14.3 Å². The molecule has 1 aromatic heterocycles. The summed E-state index contributed by atoms with van der Waals surface area (Å²) in [6.07, 6.45) is 12.5. The molecule has 0 amide bonds. The molecule has 1 heterocycles. The lowest BCUT2D eigenvalue weighted by Crippen LogP contribution is -2.19. The summed E-state index contributed by atoms with van der Waals surface area (Å²) in [5.74, 6) is 1.73. The van der Waals surface area contributed by atoms with E-state index in [-0.39, 0.29) is 18.4 Å². The predicted molar refractivity (Wildman–Crippen MR) is 118 cm³/mol. The van der Waals surface area contributed by atoms with Crippen molar-refractivity contribution in [3.8, 4) is 5.75 Å². The van der Waals surface area contributed by atoms with Crippen LogP contribution in [0.4, 0.5) is 0 Å². The second-order valence-electron chi connectivity index (χ2n) is 7.39. The van der Waals surface area contributed by atoms with Crippen LogP contribution in [0.25, 0.3) is 5.57 Å². The fourth-order valence-electron chi connectivity index (χ4n) is 3.25. The highest BCUT2D eigenvalue weighted by Crippen LogP contribution is 2.22. The number of H-pyrrole nitrogens is 1. The zero-order valence-corrected chi connectivity index (χ0v) is 17.9. The van der Waals surface area contributed by atoms with Gasteiger partial charge in [0.25, 0.3) is 0 Å². The highest BCUT2D eigenvalue weighted by Gasteiger charge is 2.15. The fourth-order valence-corrected chi connectivity index (χ4v) is 3.25. The molecule has 2 atom stereocenters. The van der Waals surface area contributed by atoms with Crippen LogP contribution >= 0.6 is 0 Å². The first-order valence-corrected chi connectivity index (χ1v) is 10.1. The summed E-state index contributed by atoms with van der Waals surface area (Å²) in [6.45, 7) is 4.83. The van der Waals surface area contributed by atoms with E-state index in [1.807, 2.05) is 24.4 Å². The van der Waals surface area contributed by atoms with Crippen molar-refractivity contribution in [3.05, 3.63) is 77.4 Å². The van der Waals surface area contributed by atoms with Crippen molar-refractivity contribution in [2.45, 2.75) is 26.4 Å². The molecule has 0 aliphatic heterocycles. The molecule has 0 spiro atoms. The minimum absolute atomic E-state index is 0.0174. The van der Waals surface area contributed by atoms with Gasteiger partial charge in [-0.05, 0) is 30.5 Å². The third-order valence-electron chi connectivity index (χ3n) is 5.03. The van der Waals surface area contributed by atoms with E-state index in [0.717, 1.165) is 22.7 Å². The minimum atomic E-state index is -0.104. The monoisotopic (exact) mass is 407 g/mol. The van der Waals surface area contributed by atoms with Crippen LogP contribution in [0.15, 0.2) is 54.8 Å². The molecule has 158 valence electrons. The second kappa shape index (κ2) is 10.2. The van der Waals surface area contributed by atoms with E-state index >= 15 is 0 Å². The molecular formula is C24H29N3O3. The van der Waals surface area contributed by atoms with E-state index in [2.05, 4.69) is 54.5 Å². The van der Waals surface area contributed by atoms with Gasteiger partial charge in [-0.3, -0.25) is 4.79 Å². The van der Waals surface area contributed by atoms with Gasteiger partial charge < -0.3 is 19.8 Å². The van der Waals surface area contributed by atoms with Crippen molar-refractivity contribution >= 4 is 11.4 Å². The Labute approximate surface area is 177 Å². The number of allylic oxidation sites excluding steroid dienone is 6. The smallest absolute Gasteiger partial charge is 0.192 e. The van der Waals surface area contributed by atoms with Crippen LogP contribution in [-0.4, -0.2) is 36.6 Å². The molecule has 1 aliphatic carbocycles. The second-order valence-corrected chi connectivity index (χ2v) is 7.39. The number of aromatic amines is 1. The number of aromatic nitrogens is 2. The number of Topliss-reactive ketones (excluding diaryl/α,β-unsaturated/α-hetero) is 1. The maximum Gasteiger partial charge on any atom is 0.192 e. The van der Waals surface area contributed by atoms with Crippen LogP contribution in [-0.2, 0) is 11.3 Å². The summed E-state index contributed by atoms with van der Waals surface area (Å²) >= 11 is 0. The Morgan fingerprint density at radius 1 is 1.30 bits per heavy atom. The minimum Gasteiger partial charge on any atom is -0.496 e. The number of hydrogen-bond donors (Lipinski definition) is 2. The van der Waals surface area contributed by atoms with Crippen LogP contribution in [0.1, 0.15) is 47.3 Å².